The molecule has 0 aromatic heterocycles. The molecule has 0 aromatic rings. The molecular formula is C9H21NS. The lowest BCUT2D eigenvalue weighted by Crippen LogP contribution is -2.31. The summed E-state index contributed by atoms with van der Waals surface area (Å²) in [6, 6.07) is 0.696. The molecule has 0 rings (SSSR count). The Bertz CT molecular complexity index is 93.6. The van der Waals surface area contributed by atoms with Gasteiger partial charge in [0.25, 0.3) is 0 Å². The van der Waals surface area contributed by atoms with E-state index in [4.69, 9.17) is 0 Å². The average Bonchev–Trinajstić information content (AvgIpc) is 1.86. The molecule has 0 aliphatic rings. The van der Waals surface area contributed by atoms with Crippen molar-refractivity contribution in [3.8, 4) is 0 Å². The van der Waals surface area contributed by atoms with Gasteiger partial charge in [-0.15, -0.1) is 0 Å². The summed E-state index contributed by atoms with van der Waals surface area (Å²) in [6.07, 6.45) is 1.28. The standard InChI is InChI=1S/C9H21NS/c1-8(2)7-9(3)10(4)5-6-11/h8-9,11H,5-7H2,1-4H3. The maximum Gasteiger partial charge on any atom is 0.00696 e. The Labute approximate surface area is 76.6 Å². The molecule has 0 aliphatic heterocycles. The van der Waals surface area contributed by atoms with E-state index in [2.05, 4.69) is 45.3 Å². The quantitative estimate of drug-likeness (QED) is 0.627. The predicted molar refractivity (Wildman–Crippen MR) is 55.4 cm³/mol. The number of nitrogens with zero attached hydrogens (tertiary/aromatic N) is 1. The van der Waals surface area contributed by atoms with Gasteiger partial charge < -0.3 is 4.90 Å². The van der Waals surface area contributed by atoms with Crippen LogP contribution in [0.25, 0.3) is 0 Å². The van der Waals surface area contributed by atoms with Gasteiger partial charge in [-0.1, -0.05) is 13.8 Å². The second-order valence-electron chi connectivity index (χ2n) is 3.68. The Hall–Kier alpha value is 0.310. The first kappa shape index (κ1) is 11.3. The van der Waals surface area contributed by atoms with E-state index in [1.165, 1.54) is 6.42 Å². The molecule has 0 spiro atoms. The van der Waals surface area contributed by atoms with E-state index in [0.717, 1.165) is 18.2 Å². The van der Waals surface area contributed by atoms with Crippen molar-refractivity contribution < 1.29 is 0 Å². The van der Waals surface area contributed by atoms with Crippen LogP contribution in [0, 0.1) is 5.92 Å². The highest BCUT2D eigenvalue weighted by atomic mass is 32.1. The largest absolute Gasteiger partial charge is 0.303 e. The van der Waals surface area contributed by atoms with Crippen LogP contribution in [0.5, 0.6) is 0 Å². The SMILES string of the molecule is CC(C)CC(C)N(C)CCS. The molecule has 0 N–H and O–H groups in total. The van der Waals surface area contributed by atoms with Crippen LogP contribution in [0.15, 0.2) is 0 Å². The van der Waals surface area contributed by atoms with Gasteiger partial charge in [-0.3, -0.25) is 0 Å². The van der Waals surface area contributed by atoms with Crippen molar-refractivity contribution in [1.82, 2.24) is 4.90 Å². The third-order valence-corrected chi connectivity index (χ3v) is 2.22. The maximum absolute atomic E-state index is 4.20. The fourth-order valence-electron chi connectivity index (χ4n) is 1.24. The van der Waals surface area contributed by atoms with E-state index in [0.29, 0.717) is 6.04 Å². The zero-order valence-electron chi connectivity index (χ0n) is 8.17. The minimum Gasteiger partial charge on any atom is -0.303 e. The maximum atomic E-state index is 4.20. The van der Waals surface area contributed by atoms with Crippen molar-refractivity contribution in [2.75, 3.05) is 19.3 Å². The Kier molecular flexibility index (Phi) is 6.06. The molecule has 1 atom stereocenters. The molecule has 0 fully saturated rings. The van der Waals surface area contributed by atoms with Gasteiger partial charge in [-0.25, -0.2) is 0 Å². The van der Waals surface area contributed by atoms with Gasteiger partial charge in [0.2, 0.25) is 0 Å². The van der Waals surface area contributed by atoms with E-state index < -0.39 is 0 Å². The third-order valence-electron chi connectivity index (χ3n) is 2.02. The molecule has 0 saturated carbocycles. The normalized spacial score (nSPS) is 14.5. The Balaban J connectivity index is 3.54. The molecule has 0 aliphatic carbocycles. The van der Waals surface area contributed by atoms with Crippen LogP contribution in [0.1, 0.15) is 27.2 Å². The summed E-state index contributed by atoms with van der Waals surface area (Å²) in [5.74, 6) is 1.76. The van der Waals surface area contributed by atoms with Crippen LogP contribution in [0.4, 0.5) is 0 Å². The Morgan fingerprint density at radius 3 is 2.18 bits per heavy atom. The molecule has 11 heavy (non-hydrogen) atoms. The summed E-state index contributed by atoms with van der Waals surface area (Å²) in [6.45, 7) is 7.91. The molecule has 0 aromatic carbocycles. The van der Waals surface area contributed by atoms with Crippen LogP contribution < -0.4 is 0 Å². The number of hydrogen-bond donors (Lipinski definition) is 1. The van der Waals surface area contributed by atoms with Gasteiger partial charge in [0.05, 0.1) is 0 Å². The summed E-state index contributed by atoms with van der Waals surface area (Å²) in [5.41, 5.74) is 0. The van der Waals surface area contributed by atoms with Crippen LogP contribution in [0.3, 0.4) is 0 Å². The lowest BCUT2D eigenvalue weighted by Gasteiger charge is -2.25. The van der Waals surface area contributed by atoms with Crippen molar-refractivity contribution in [2.45, 2.75) is 33.2 Å². The smallest absolute Gasteiger partial charge is 0.00696 e. The van der Waals surface area contributed by atoms with Crippen LogP contribution in [-0.4, -0.2) is 30.3 Å². The molecule has 0 radical (unpaired) electrons. The lowest BCUT2D eigenvalue weighted by atomic mass is 10.0. The Morgan fingerprint density at radius 1 is 1.27 bits per heavy atom. The highest BCUT2D eigenvalue weighted by Gasteiger charge is 2.09. The molecule has 1 nitrogen and oxygen atoms in total. The minimum absolute atomic E-state index is 0.696. The van der Waals surface area contributed by atoms with Gasteiger partial charge >= 0.3 is 0 Å². The van der Waals surface area contributed by atoms with Crippen LogP contribution in [-0.2, 0) is 0 Å². The molecule has 68 valence electrons. The van der Waals surface area contributed by atoms with Crippen LogP contribution in [0.2, 0.25) is 0 Å². The number of rotatable bonds is 5. The molecular weight excluding hydrogens is 154 g/mol. The topological polar surface area (TPSA) is 3.24 Å². The first-order valence-corrected chi connectivity index (χ1v) is 5.02. The van der Waals surface area contributed by atoms with E-state index in [-0.39, 0.29) is 0 Å². The highest BCUT2D eigenvalue weighted by molar-refractivity contribution is 7.80. The first-order valence-electron chi connectivity index (χ1n) is 4.39. The monoisotopic (exact) mass is 175 g/mol. The van der Waals surface area contributed by atoms with Crippen molar-refractivity contribution in [1.29, 1.82) is 0 Å². The fourth-order valence-corrected chi connectivity index (χ4v) is 1.56. The van der Waals surface area contributed by atoms with Crippen molar-refractivity contribution in [3.63, 3.8) is 0 Å². The third kappa shape index (κ3) is 5.57. The van der Waals surface area contributed by atoms with Gasteiger partial charge in [0.15, 0.2) is 0 Å². The fraction of sp³-hybridized carbons (Fsp3) is 1.00. The molecule has 0 amide bonds. The molecule has 0 heterocycles. The summed E-state index contributed by atoms with van der Waals surface area (Å²) in [5, 5.41) is 0. The molecule has 0 saturated heterocycles. The van der Waals surface area contributed by atoms with Crippen molar-refractivity contribution in [3.05, 3.63) is 0 Å². The van der Waals surface area contributed by atoms with E-state index in [1.54, 1.807) is 0 Å². The zero-order valence-corrected chi connectivity index (χ0v) is 9.06. The summed E-state index contributed by atoms with van der Waals surface area (Å²) < 4.78 is 0. The van der Waals surface area contributed by atoms with Crippen molar-refractivity contribution >= 4 is 12.6 Å². The summed E-state index contributed by atoms with van der Waals surface area (Å²) in [4.78, 5) is 2.37. The summed E-state index contributed by atoms with van der Waals surface area (Å²) in [7, 11) is 2.17. The van der Waals surface area contributed by atoms with E-state index >= 15 is 0 Å². The number of hydrogen-bond acceptors (Lipinski definition) is 2. The summed E-state index contributed by atoms with van der Waals surface area (Å²) >= 11 is 4.20. The average molecular weight is 175 g/mol. The van der Waals surface area contributed by atoms with Gasteiger partial charge in [0, 0.05) is 18.3 Å². The van der Waals surface area contributed by atoms with Gasteiger partial charge in [-0.05, 0) is 26.3 Å². The van der Waals surface area contributed by atoms with Crippen LogP contribution >= 0.6 is 12.6 Å². The molecule has 1 unspecified atom stereocenters. The lowest BCUT2D eigenvalue weighted by molar-refractivity contribution is 0.241. The van der Waals surface area contributed by atoms with Gasteiger partial charge in [0.1, 0.15) is 0 Å². The second-order valence-corrected chi connectivity index (χ2v) is 4.13. The predicted octanol–water partition coefficient (Wildman–Crippen LogP) is 2.28. The number of thiol groups is 1. The first-order chi connectivity index (χ1) is 5.07. The zero-order chi connectivity index (χ0) is 8.85. The Morgan fingerprint density at radius 2 is 1.82 bits per heavy atom. The highest BCUT2D eigenvalue weighted by Crippen LogP contribution is 2.08. The second kappa shape index (κ2) is 5.90. The molecule has 2 heteroatoms. The van der Waals surface area contributed by atoms with E-state index in [9.17, 15) is 0 Å². The molecule has 0 bridgehead atoms. The minimum atomic E-state index is 0.696. The van der Waals surface area contributed by atoms with Crippen molar-refractivity contribution in [2.24, 2.45) is 5.92 Å². The van der Waals surface area contributed by atoms with Gasteiger partial charge in [-0.2, -0.15) is 12.6 Å². The van der Waals surface area contributed by atoms with E-state index in [1.807, 2.05) is 0 Å².